The molecule has 0 atom stereocenters. The zero-order valence-electron chi connectivity index (χ0n) is 11.3. The first-order valence-corrected chi connectivity index (χ1v) is 7.80. The van der Waals surface area contributed by atoms with Crippen LogP contribution in [-0.2, 0) is 10.0 Å². The third-order valence-electron chi connectivity index (χ3n) is 2.76. The number of halogens is 1. The second-order valence-corrected chi connectivity index (χ2v) is 6.30. The summed E-state index contributed by atoms with van der Waals surface area (Å²) in [5.41, 5.74) is 0.0654. The highest BCUT2D eigenvalue weighted by atomic mass is 35.5. The first-order chi connectivity index (χ1) is 10.3. The lowest BCUT2D eigenvalue weighted by atomic mass is 10.3. The summed E-state index contributed by atoms with van der Waals surface area (Å²) in [5, 5.41) is 10.8. The summed E-state index contributed by atoms with van der Waals surface area (Å²) in [6, 6.07) is 8.98. The third-order valence-corrected chi connectivity index (χ3v) is 4.45. The molecule has 116 valence electrons. The summed E-state index contributed by atoms with van der Waals surface area (Å²) < 4.78 is 31.7. The molecule has 2 aromatic rings. The molecule has 0 aliphatic heterocycles. The number of nitrogens with one attached hydrogen (secondary N) is 1. The average Bonchev–Trinajstić information content (AvgIpc) is 2.47. The van der Waals surface area contributed by atoms with E-state index in [-0.39, 0.29) is 21.3 Å². The van der Waals surface area contributed by atoms with Gasteiger partial charge in [-0.1, -0.05) is 11.6 Å². The maximum absolute atomic E-state index is 12.2. The molecular formula is C13H11ClN2O5S. The number of non-ortho nitro benzene ring substituents is 1. The van der Waals surface area contributed by atoms with Crippen LogP contribution in [0.3, 0.4) is 0 Å². The van der Waals surface area contributed by atoms with E-state index in [1.54, 1.807) is 0 Å². The van der Waals surface area contributed by atoms with E-state index >= 15 is 0 Å². The number of anilines is 1. The smallest absolute Gasteiger partial charge is 0.269 e. The van der Waals surface area contributed by atoms with Crippen LogP contribution in [0.1, 0.15) is 0 Å². The van der Waals surface area contributed by atoms with Crippen molar-refractivity contribution in [2.45, 2.75) is 4.90 Å². The zero-order valence-corrected chi connectivity index (χ0v) is 12.9. The fourth-order valence-electron chi connectivity index (χ4n) is 1.69. The molecule has 22 heavy (non-hydrogen) atoms. The second-order valence-electron chi connectivity index (χ2n) is 4.21. The number of ether oxygens (including phenoxy) is 1. The fourth-order valence-corrected chi connectivity index (χ4v) is 3.00. The number of rotatable bonds is 5. The summed E-state index contributed by atoms with van der Waals surface area (Å²) in [5.74, 6) is 0.417. The Labute approximate surface area is 131 Å². The topological polar surface area (TPSA) is 98.5 Å². The van der Waals surface area contributed by atoms with Gasteiger partial charge in [-0.15, -0.1) is 0 Å². The molecule has 0 radical (unpaired) electrons. The Morgan fingerprint density at radius 3 is 2.32 bits per heavy atom. The van der Waals surface area contributed by atoms with Crippen molar-refractivity contribution in [2.24, 2.45) is 0 Å². The van der Waals surface area contributed by atoms with E-state index in [1.807, 2.05) is 0 Å². The van der Waals surface area contributed by atoms with Gasteiger partial charge >= 0.3 is 0 Å². The molecule has 0 saturated carbocycles. The van der Waals surface area contributed by atoms with Crippen molar-refractivity contribution >= 4 is 33.0 Å². The van der Waals surface area contributed by atoms with Gasteiger partial charge in [-0.3, -0.25) is 14.8 Å². The lowest BCUT2D eigenvalue weighted by Crippen LogP contribution is -2.12. The SMILES string of the molecule is COc1ccc(NS(=O)(=O)c2ccc([N+](=O)[O-])cc2)cc1Cl. The summed E-state index contributed by atoms with van der Waals surface area (Å²) in [6.45, 7) is 0. The molecule has 0 heterocycles. The number of methoxy groups -OCH3 is 1. The van der Waals surface area contributed by atoms with Gasteiger partial charge in [0.2, 0.25) is 0 Å². The van der Waals surface area contributed by atoms with Crippen molar-refractivity contribution in [2.75, 3.05) is 11.8 Å². The minimum Gasteiger partial charge on any atom is -0.495 e. The minimum absolute atomic E-state index is 0.0926. The molecule has 2 aromatic carbocycles. The predicted molar refractivity (Wildman–Crippen MR) is 81.9 cm³/mol. The normalized spacial score (nSPS) is 11.0. The molecule has 0 spiro atoms. The Kier molecular flexibility index (Phi) is 4.53. The molecule has 0 unspecified atom stereocenters. The van der Waals surface area contributed by atoms with E-state index in [9.17, 15) is 18.5 Å². The van der Waals surface area contributed by atoms with Crippen LogP contribution in [0, 0.1) is 10.1 Å². The summed E-state index contributed by atoms with van der Waals surface area (Å²) in [4.78, 5) is 9.87. The third kappa shape index (κ3) is 3.46. The Morgan fingerprint density at radius 1 is 1.18 bits per heavy atom. The quantitative estimate of drug-likeness (QED) is 0.665. The van der Waals surface area contributed by atoms with Crippen LogP contribution >= 0.6 is 11.6 Å². The van der Waals surface area contributed by atoms with Gasteiger partial charge < -0.3 is 4.74 Å². The molecule has 1 N–H and O–H groups in total. The van der Waals surface area contributed by atoms with Gasteiger partial charge in [-0.2, -0.15) is 0 Å². The maximum Gasteiger partial charge on any atom is 0.269 e. The number of nitro benzene ring substituents is 1. The van der Waals surface area contributed by atoms with E-state index in [0.717, 1.165) is 24.3 Å². The van der Waals surface area contributed by atoms with Gasteiger partial charge in [-0.25, -0.2) is 8.42 Å². The van der Waals surface area contributed by atoms with Crippen molar-refractivity contribution in [3.8, 4) is 5.75 Å². The fraction of sp³-hybridized carbons (Fsp3) is 0.0769. The van der Waals surface area contributed by atoms with E-state index in [1.165, 1.54) is 25.3 Å². The highest BCUT2D eigenvalue weighted by Crippen LogP contribution is 2.28. The van der Waals surface area contributed by atoms with Crippen LogP contribution in [0.2, 0.25) is 5.02 Å². The minimum atomic E-state index is -3.86. The zero-order chi connectivity index (χ0) is 16.3. The molecule has 0 amide bonds. The predicted octanol–water partition coefficient (Wildman–Crippen LogP) is 3.06. The molecule has 9 heteroatoms. The van der Waals surface area contributed by atoms with Crippen LogP contribution in [0.15, 0.2) is 47.4 Å². The maximum atomic E-state index is 12.2. The molecule has 0 saturated heterocycles. The van der Waals surface area contributed by atoms with Gasteiger partial charge in [-0.05, 0) is 30.3 Å². The van der Waals surface area contributed by atoms with Gasteiger partial charge in [0.15, 0.2) is 0 Å². The highest BCUT2D eigenvalue weighted by molar-refractivity contribution is 7.92. The summed E-state index contributed by atoms with van der Waals surface area (Å²) in [6.07, 6.45) is 0. The van der Waals surface area contributed by atoms with E-state index in [4.69, 9.17) is 16.3 Å². The second kappa shape index (κ2) is 6.20. The number of benzene rings is 2. The Balaban J connectivity index is 2.27. The van der Waals surface area contributed by atoms with E-state index in [2.05, 4.69) is 4.72 Å². The Morgan fingerprint density at radius 2 is 1.82 bits per heavy atom. The largest absolute Gasteiger partial charge is 0.495 e. The molecule has 7 nitrogen and oxygen atoms in total. The lowest BCUT2D eigenvalue weighted by Gasteiger charge is -2.09. The molecular weight excluding hydrogens is 332 g/mol. The van der Waals surface area contributed by atoms with Crippen LogP contribution in [0.4, 0.5) is 11.4 Å². The van der Waals surface area contributed by atoms with Crippen molar-refractivity contribution < 1.29 is 18.1 Å². The number of nitrogens with zero attached hydrogens (tertiary/aromatic N) is 1. The number of hydrogen-bond donors (Lipinski definition) is 1. The summed E-state index contributed by atoms with van der Waals surface area (Å²) in [7, 11) is -2.42. The molecule has 0 aliphatic carbocycles. The number of sulfonamides is 1. The van der Waals surface area contributed by atoms with Gasteiger partial charge in [0.1, 0.15) is 5.75 Å². The average molecular weight is 343 g/mol. The van der Waals surface area contributed by atoms with Gasteiger partial charge in [0.25, 0.3) is 15.7 Å². The molecule has 2 rings (SSSR count). The van der Waals surface area contributed by atoms with Gasteiger partial charge in [0.05, 0.1) is 27.6 Å². The Bertz CT molecular complexity index is 806. The highest BCUT2D eigenvalue weighted by Gasteiger charge is 2.16. The molecule has 0 aromatic heterocycles. The first-order valence-electron chi connectivity index (χ1n) is 5.94. The molecule has 0 aliphatic rings. The van der Waals surface area contributed by atoms with Crippen molar-refractivity contribution in [3.63, 3.8) is 0 Å². The van der Waals surface area contributed by atoms with E-state index in [0.29, 0.717) is 5.75 Å². The first kappa shape index (κ1) is 16.1. The monoisotopic (exact) mass is 342 g/mol. The summed E-state index contributed by atoms with van der Waals surface area (Å²) >= 11 is 5.93. The van der Waals surface area contributed by atoms with Crippen LogP contribution in [0.25, 0.3) is 0 Å². The van der Waals surface area contributed by atoms with Crippen LogP contribution in [-0.4, -0.2) is 20.5 Å². The number of hydrogen-bond acceptors (Lipinski definition) is 5. The lowest BCUT2D eigenvalue weighted by molar-refractivity contribution is -0.384. The van der Waals surface area contributed by atoms with Crippen molar-refractivity contribution in [1.82, 2.24) is 0 Å². The number of nitro groups is 1. The molecule has 0 bridgehead atoms. The van der Waals surface area contributed by atoms with Gasteiger partial charge in [0, 0.05) is 12.1 Å². The van der Waals surface area contributed by atoms with Crippen molar-refractivity contribution in [3.05, 3.63) is 57.6 Å². The molecule has 0 fully saturated rings. The van der Waals surface area contributed by atoms with Crippen LogP contribution < -0.4 is 9.46 Å². The Hall–Kier alpha value is -2.32. The van der Waals surface area contributed by atoms with E-state index < -0.39 is 14.9 Å². The standard InChI is InChI=1S/C13H11ClN2O5S/c1-21-13-7-2-9(8-12(13)14)15-22(19,20)11-5-3-10(4-6-11)16(17)18/h2-8,15H,1H3. The van der Waals surface area contributed by atoms with Crippen molar-refractivity contribution in [1.29, 1.82) is 0 Å². The van der Waals surface area contributed by atoms with Crippen LogP contribution in [0.5, 0.6) is 5.75 Å².